The number of carbonyl (C=O) groups excluding carboxylic acids is 2. The van der Waals surface area contributed by atoms with Gasteiger partial charge in [-0.25, -0.2) is 0 Å². The fourth-order valence-corrected chi connectivity index (χ4v) is 21.5. The standard InChI is InChI=1S/C14H15N2O2.3C4H9.Sn/c17-13-12-7-4-8-16(12)14(18)11(15-13)9-10-5-2-1-3-6-10;3*1-3-4-2;/h2-3,5-6,11-12H,4,7-9H2,(H,15,17);3*1,3-4H2,2H3;/t11-,12-;;;;/m0..../s1. The van der Waals surface area contributed by atoms with E-state index < -0.39 is 24.4 Å². The first-order chi connectivity index (χ1) is 15.0. The van der Waals surface area contributed by atoms with Crippen molar-refractivity contribution < 1.29 is 9.59 Å². The van der Waals surface area contributed by atoms with E-state index in [4.69, 9.17) is 0 Å². The topological polar surface area (TPSA) is 49.4 Å². The van der Waals surface area contributed by atoms with E-state index >= 15 is 0 Å². The number of rotatable bonds is 12. The number of hydrogen-bond donors (Lipinski definition) is 1. The van der Waals surface area contributed by atoms with Gasteiger partial charge in [-0.1, -0.05) is 0 Å². The second-order valence-electron chi connectivity index (χ2n) is 9.74. The number of fused-ring (bicyclic) bond motifs is 1. The van der Waals surface area contributed by atoms with Crippen molar-refractivity contribution in [3.05, 3.63) is 29.8 Å². The summed E-state index contributed by atoms with van der Waals surface area (Å²) in [4.78, 5) is 27.1. The normalized spacial score (nSPS) is 21.3. The summed E-state index contributed by atoms with van der Waals surface area (Å²) in [5.74, 6) is 0.140. The summed E-state index contributed by atoms with van der Waals surface area (Å²) in [5, 5.41) is 3.00. The molecule has 3 rings (SSSR count). The molecule has 1 N–H and O–H groups in total. The molecule has 0 saturated carbocycles. The molecule has 0 spiro atoms. The minimum atomic E-state index is -2.40. The molecule has 2 fully saturated rings. The van der Waals surface area contributed by atoms with Gasteiger partial charge in [0.05, 0.1) is 0 Å². The maximum atomic E-state index is 12.9. The summed E-state index contributed by atoms with van der Waals surface area (Å²) in [7, 11) is 0. The van der Waals surface area contributed by atoms with Crippen LogP contribution in [-0.2, 0) is 16.0 Å². The summed E-state index contributed by atoms with van der Waals surface area (Å²) in [5.41, 5.74) is 1.17. The number of carbonyl (C=O) groups is 2. The van der Waals surface area contributed by atoms with Gasteiger partial charge in [0.25, 0.3) is 0 Å². The third kappa shape index (κ3) is 5.85. The molecule has 2 aliphatic heterocycles. The molecular formula is C26H42N2O2Sn. The Morgan fingerprint density at radius 3 is 2.06 bits per heavy atom. The van der Waals surface area contributed by atoms with Gasteiger partial charge in [-0.15, -0.1) is 0 Å². The third-order valence-corrected chi connectivity index (χ3v) is 23.2. The van der Waals surface area contributed by atoms with Crippen LogP contribution in [0.25, 0.3) is 0 Å². The SMILES string of the molecule is CCC[CH2][Sn]([CH2]CCC)([CH2]CCC)[c]1ccc(C[C@@H]2NC(=O)[C@@H]3CCCN3C2=O)cc1. The summed E-state index contributed by atoms with van der Waals surface area (Å²) in [6.45, 7) is 7.69. The van der Waals surface area contributed by atoms with E-state index in [-0.39, 0.29) is 17.9 Å². The maximum absolute atomic E-state index is 12.9. The van der Waals surface area contributed by atoms with E-state index in [1.165, 1.54) is 57.4 Å². The van der Waals surface area contributed by atoms with Gasteiger partial charge in [0, 0.05) is 0 Å². The summed E-state index contributed by atoms with van der Waals surface area (Å²) >= 11 is -2.40. The number of nitrogens with one attached hydrogen (secondary N) is 1. The molecule has 2 amide bonds. The monoisotopic (exact) mass is 534 g/mol. The van der Waals surface area contributed by atoms with Gasteiger partial charge >= 0.3 is 194 Å². The number of nitrogens with zero attached hydrogens (tertiary/aromatic N) is 1. The molecule has 172 valence electrons. The van der Waals surface area contributed by atoms with Crippen LogP contribution in [0.5, 0.6) is 0 Å². The van der Waals surface area contributed by atoms with Crippen molar-refractivity contribution in [2.75, 3.05) is 6.54 Å². The predicted octanol–water partition coefficient (Wildman–Crippen LogP) is 4.77. The van der Waals surface area contributed by atoms with Crippen molar-refractivity contribution in [2.24, 2.45) is 0 Å². The first-order valence-electron chi connectivity index (χ1n) is 12.7. The van der Waals surface area contributed by atoms with Crippen LogP contribution in [-0.4, -0.2) is 53.7 Å². The Morgan fingerprint density at radius 2 is 1.52 bits per heavy atom. The van der Waals surface area contributed by atoms with Crippen LogP contribution in [0.2, 0.25) is 13.3 Å². The van der Waals surface area contributed by atoms with Gasteiger partial charge in [0.15, 0.2) is 0 Å². The Morgan fingerprint density at radius 1 is 0.935 bits per heavy atom. The quantitative estimate of drug-likeness (QED) is 0.394. The first kappa shape index (κ1) is 24.6. The number of piperazine rings is 1. The summed E-state index contributed by atoms with van der Waals surface area (Å²) in [6, 6.07) is 8.68. The van der Waals surface area contributed by atoms with Crippen molar-refractivity contribution in [3.8, 4) is 0 Å². The van der Waals surface area contributed by atoms with E-state index in [1.54, 1.807) is 8.48 Å². The molecule has 2 atom stereocenters. The van der Waals surface area contributed by atoms with Crippen molar-refractivity contribution in [1.29, 1.82) is 0 Å². The zero-order valence-electron chi connectivity index (χ0n) is 19.9. The molecule has 31 heavy (non-hydrogen) atoms. The first-order valence-corrected chi connectivity index (χ1v) is 20.2. The van der Waals surface area contributed by atoms with Gasteiger partial charge in [0.2, 0.25) is 0 Å². The van der Waals surface area contributed by atoms with E-state index in [9.17, 15) is 9.59 Å². The van der Waals surface area contributed by atoms with Crippen LogP contribution in [0.4, 0.5) is 0 Å². The van der Waals surface area contributed by atoms with Crippen molar-refractivity contribution in [1.82, 2.24) is 10.2 Å². The number of benzene rings is 1. The molecule has 0 radical (unpaired) electrons. The number of hydrogen-bond acceptors (Lipinski definition) is 2. The van der Waals surface area contributed by atoms with Gasteiger partial charge < -0.3 is 0 Å². The molecule has 0 unspecified atom stereocenters. The van der Waals surface area contributed by atoms with E-state index in [2.05, 4.69) is 50.4 Å². The summed E-state index contributed by atoms with van der Waals surface area (Å²) < 4.78 is 6.08. The van der Waals surface area contributed by atoms with E-state index in [0.29, 0.717) is 6.42 Å². The number of amides is 2. The fraction of sp³-hybridized carbons (Fsp3) is 0.692. The second kappa shape index (κ2) is 11.7. The zero-order chi connectivity index (χ0) is 22.3. The molecular weight excluding hydrogens is 491 g/mol. The molecule has 0 bridgehead atoms. The van der Waals surface area contributed by atoms with Crippen molar-refractivity contribution in [3.63, 3.8) is 0 Å². The Hall–Kier alpha value is -1.04. The summed E-state index contributed by atoms with van der Waals surface area (Å²) in [6.07, 6.45) is 10.3. The van der Waals surface area contributed by atoms with Crippen molar-refractivity contribution in [2.45, 2.75) is 104 Å². The molecule has 1 aromatic rings. The second-order valence-corrected chi connectivity index (χ2v) is 23.0. The van der Waals surface area contributed by atoms with Gasteiger partial charge in [-0.3, -0.25) is 0 Å². The van der Waals surface area contributed by atoms with Crippen LogP contribution in [0.1, 0.15) is 77.7 Å². The fourth-order valence-electron chi connectivity index (χ4n) is 5.55. The Kier molecular flexibility index (Phi) is 9.30. The van der Waals surface area contributed by atoms with E-state index in [1.807, 2.05) is 0 Å². The molecule has 0 aromatic heterocycles. The molecule has 2 aliphatic rings. The van der Waals surface area contributed by atoms with Gasteiger partial charge in [-0.2, -0.15) is 0 Å². The molecule has 1 aromatic carbocycles. The van der Waals surface area contributed by atoms with Crippen LogP contribution >= 0.6 is 0 Å². The van der Waals surface area contributed by atoms with Crippen LogP contribution in [0.15, 0.2) is 24.3 Å². The Balaban J connectivity index is 1.75. The van der Waals surface area contributed by atoms with E-state index in [0.717, 1.165) is 19.4 Å². The molecule has 4 nitrogen and oxygen atoms in total. The average Bonchev–Trinajstić information content (AvgIpc) is 3.29. The zero-order valence-corrected chi connectivity index (χ0v) is 22.8. The minimum absolute atomic E-state index is 0.0348. The third-order valence-electron chi connectivity index (χ3n) is 7.49. The van der Waals surface area contributed by atoms with Crippen LogP contribution < -0.4 is 8.90 Å². The van der Waals surface area contributed by atoms with Gasteiger partial charge in [-0.05, 0) is 0 Å². The molecule has 0 aliphatic carbocycles. The molecule has 2 heterocycles. The van der Waals surface area contributed by atoms with Gasteiger partial charge in [0.1, 0.15) is 0 Å². The van der Waals surface area contributed by atoms with Crippen molar-refractivity contribution >= 4 is 33.8 Å². The molecule has 5 heteroatoms. The average molecular weight is 533 g/mol. The van der Waals surface area contributed by atoms with Crippen LogP contribution in [0.3, 0.4) is 0 Å². The Labute approximate surface area is 193 Å². The predicted molar refractivity (Wildman–Crippen MR) is 131 cm³/mol. The van der Waals surface area contributed by atoms with Crippen LogP contribution in [0, 0.1) is 0 Å². The number of unbranched alkanes of at least 4 members (excludes halogenated alkanes) is 3. The Bertz CT molecular complexity index is 712. The molecule has 2 saturated heterocycles.